The second kappa shape index (κ2) is 4.63. The first-order chi connectivity index (χ1) is 6.47. The number of ether oxygens (including phenoxy) is 1. The Hall–Kier alpha value is -0.780. The van der Waals surface area contributed by atoms with E-state index in [4.69, 9.17) is 4.74 Å². The molecule has 0 radical (unpaired) electrons. The van der Waals surface area contributed by atoms with Crippen LogP contribution in [0.25, 0.3) is 0 Å². The third kappa shape index (κ3) is 4.45. The first kappa shape index (κ1) is 11.3. The van der Waals surface area contributed by atoms with Crippen LogP contribution in [0.5, 0.6) is 0 Å². The predicted octanol–water partition coefficient (Wildman–Crippen LogP) is 1.09. The fourth-order valence-electron chi connectivity index (χ4n) is 1.08. The molecule has 1 aliphatic rings. The van der Waals surface area contributed by atoms with E-state index in [-0.39, 0.29) is 24.8 Å². The molecule has 82 valence electrons. The summed E-state index contributed by atoms with van der Waals surface area (Å²) in [5.74, 6) is -0.150. The molecule has 1 saturated heterocycles. The molecule has 3 nitrogen and oxygen atoms in total. The van der Waals surface area contributed by atoms with Crippen LogP contribution in [-0.2, 0) is 9.53 Å². The molecule has 0 unspecified atom stereocenters. The van der Waals surface area contributed by atoms with Crippen LogP contribution in [0.15, 0.2) is 0 Å². The van der Waals surface area contributed by atoms with Gasteiger partial charge in [-0.15, -0.1) is 0 Å². The van der Waals surface area contributed by atoms with E-state index in [0.717, 1.165) is 0 Å². The quantitative estimate of drug-likeness (QED) is 0.756. The zero-order valence-corrected chi connectivity index (χ0v) is 7.56. The van der Waals surface area contributed by atoms with Gasteiger partial charge < -0.3 is 10.1 Å². The van der Waals surface area contributed by atoms with Crippen molar-refractivity contribution in [3.63, 3.8) is 0 Å². The summed E-state index contributed by atoms with van der Waals surface area (Å²) in [5, 5.41) is 2.22. The van der Waals surface area contributed by atoms with Crippen LogP contribution in [0.1, 0.15) is 12.8 Å². The molecule has 0 aromatic heterocycles. The third-order valence-electron chi connectivity index (χ3n) is 1.91. The van der Waals surface area contributed by atoms with Gasteiger partial charge in [0.15, 0.2) is 0 Å². The summed E-state index contributed by atoms with van der Waals surface area (Å²) in [6.07, 6.45) is -4.91. The maximum atomic E-state index is 11.7. The number of hydrogen-bond acceptors (Lipinski definition) is 2. The Labute approximate surface area is 79.6 Å². The number of amides is 1. The second-order valence-electron chi connectivity index (χ2n) is 3.32. The van der Waals surface area contributed by atoms with E-state index >= 15 is 0 Å². The lowest BCUT2D eigenvalue weighted by molar-refractivity contribution is -0.136. The molecule has 1 amide bonds. The highest BCUT2D eigenvalue weighted by Gasteiger charge is 2.27. The van der Waals surface area contributed by atoms with E-state index in [2.05, 4.69) is 5.32 Å². The molecule has 0 saturated carbocycles. The van der Waals surface area contributed by atoms with Crippen LogP contribution in [0, 0.1) is 5.92 Å². The van der Waals surface area contributed by atoms with Crippen molar-refractivity contribution in [1.29, 1.82) is 0 Å². The number of nitrogens with one attached hydrogen (secondary N) is 1. The van der Waals surface area contributed by atoms with Gasteiger partial charge in [0.2, 0.25) is 5.91 Å². The molecule has 0 aliphatic carbocycles. The molecule has 0 spiro atoms. The van der Waals surface area contributed by atoms with Gasteiger partial charge in [0.25, 0.3) is 0 Å². The van der Waals surface area contributed by atoms with Crippen molar-refractivity contribution in [2.75, 3.05) is 19.8 Å². The van der Waals surface area contributed by atoms with Gasteiger partial charge in [-0.1, -0.05) is 0 Å². The maximum Gasteiger partial charge on any atom is 0.390 e. The average molecular weight is 211 g/mol. The van der Waals surface area contributed by atoms with E-state index in [1.807, 2.05) is 0 Å². The van der Waals surface area contributed by atoms with Crippen LogP contribution in [0.2, 0.25) is 0 Å². The zero-order valence-electron chi connectivity index (χ0n) is 7.56. The van der Waals surface area contributed by atoms with Crippen LogP contribution >= 0.6 is 0 Å². The maximum absolute atomic E-state index is 11.7. The summed E-state index contributed by atoms with van der Waals surface area (Å²) < 4.78 is 39.9. The van der Waals surface area contributed by atoms with E-state index in [0.29, 0.717) is 13.2 Å². The molecule has 0 aromatic rings. The Morgan fingerprint density at radius 2 is 2.07 bits per heavy atom. The number of carbonyl (C=O) groups excluding carboxylic acids is 1. The van der Waals surface area contributed by atoms with Crippen molar-refractivity contribution in [2.24, 2.45) is 5.92 Å². The fourth-order valence-corrected chi connectivity index (χ4v) is 1.08. The molecule has 6 heteroatoms. The lowest BCUT2D eigenvalue weighted by Crippen LogP contribution is -2.35. The Morgan fingerprint density at radius 1 is 1.43 bits per heavy atom. The summed E-state index contributed by atoms with van der Waals surface area (Å²) in [6, 6.07) is 0. The monoisotopic (exact) mass is 211 g/mol. The van der Waals surface area contributed by atoms with Gasteiger partial charge in [0, 0.05) is 18.9 Å². The lowest BCUT2D eigenvalue weighted by atomic mass is 10.0. The molecule has 1 fully saturated rings. The van der Waals surface area contributed by atoms with E-state index < -0.39 is 12.6 Å². The highest BCUT2D eigenvalue weighted by atomic mass is 19.4. The number of carbonyl (C=O) groups is 1. The van der Waals surface area contributed by atoms with E-state index in [1.165, 1.54) is 0 Å². The van der Waals surface area contributed by atoms with E-state index in [1.54, 1.807) is 0 Å². The molecule has 0 aromatic carbocycles. The predicted molar refractivity (Wildman–Crippen MR) is 42.6 cm³/mol. The minimum atomic E-state index is -4.20. The number of halogens is 3. The van der Waals surface area contributed by atoms with Crippen molar-refractivity contribution in [3.05, 3.63) is 0 Å². The largest absolute Gasteiger partial charge is 0.390 e. The van der Waals surface area contributed by atoms with Gasteiger partial charge in [-0.05, 0) is 0 Å². The van der Waals surface area contributed by atoms with Gasteiger partial charge in [0.1, 0.15) is 0 Å². The second-order valence-corrected chi connectivity index (χ2v) is 3.32. The van der Waals surface area contributed by atoms with Crippen LogP contribution < -0.4 is 5.32 Å². The van der Waals surface area contributed by atoms with Crippen molar-refractivity contribution in [3.8, 4) is 0 Å². The van der Waals surface area contributed by atoms with Gasteiger partial charge in [-0.3, -0.25) is 4.79 Å². The van der Waals surface area contributed by atoms with Crippen molar-refractivity contribution in [1.82, 2.24) is 5.32 Å². The smallest absolute Gasteiger partial charge is 0.381 e. The van der Waals surface area contributed by atoms with Gasteiger partial charge in [0.05, 0.1) is 19.6 Å². The van der Waals surface area contributed by atoms with Gasteiger partial charge >= 0.3 is 6.18 Å². The minimum absolute atomic E-state index is 0.181. The molecule has 1 N–H and O–H groups in total. The summed E-state index contributed by atoms with van der Waals surface area (Å²) in [7, 11) is 0. The Kier molecular flexibility index (Phi) is 3.74. The summed E-state index contributed by atoms with van der Waals surface area (Å²) in [5.41, 5.74) is 0. The van der Waals surface area contributed by atoms with Crippen molar-refractivity contribution >= 4 is 5.91 Å². The lowest BCUT2D eigenvalue weighted by Gasteiger charge is -2.25. The Morgan fingerprint density at radius 3 is 2.50 bits per heavy atom. The summed E-state index contributed by atoms with van der Waals surface area (Å²) in [4.78, 5) is 11.0. The van der Waals surface area contributed by atoms with Crippen LogP contribution in [0.3, 0.4) is 0 Å². The van der Waals surface area contributed by atoms with Gasteiger partial charge in [-0.25, -0.2) is 0 Å². The zero-order chi connectivity index (χ0) is 10.6. The van der Waals surface area contributed by atoms with Crippen LogP contribution in [0.4, 0.5) is 13.2 Å². The van der Waals surface area contributed by atoms with Crippen molar-refractivity contribution < 1.29 is 22.7 Å². The topological polar surface area (TPSA) is 38.3 Å². The van der Waals surface area contributed by atoms with E-state index in [9.17, 15) is 18.0 Å². The Bertz CT molecular complexity index is 201. The summed E-state index contributed by atoms with van der Waals surface area (Å²) in [6.45, 7) is 0.731. The summed E-state index contributed by atoms with van der Waals surface area (Å²) >= 11 is 0. The molecule has 0 bridgehead atoms. The number of alkyl halides is 3. The molecular weight excluding hydrogens is 199 g/mol. The number of hydrogen-bond donors (Lipinski definition) is 1. The first-order valence-electron chi connectivity index (χ1n) is 4.38. The fraction of sp³-hybridized carbons (Fsp3) is 0.875. The standard InChI is InChI=1S/C8H12F3NO2/c9-8(10,11)1-2-12-7(13)3-6-4-14-5-6/h6H,1-5H2,(H,12,13). The Balaban J connectivity index is 2.03. The highest BCUT2D eigenvalue weighted by molar-refractivity contribution is 5.76. The molecule has 0 atom stereocenters. The van der Waals surface area contributed by atoms with Crippen molar-refractivity contribution in [2.45, 2.75) is 19.0 Å². The average Bonchev–Trinajstić information content (AvgIpc) is 1.94. The van der Waals surface area contributed by atoms with Crippen LogP contribution in [-0.4, -0.2) is 31.8 Å². The first-order valence-corrected chi connectivity index (χ1v) is 4.38. The third-order valence-corrected chi connectivity index (χ3v) is 1.91. The molecular formula is C8H12F3NO2. The molecule has 1 rings (SSSR count). The molecule has 1 heterocycles. The number of rotatable bonds is 4. The molecule has 14 heavy (non-hydrogen) atoms. The molecule has 1 aliphatic heterocycles. The highest BCUT2D eigenvalue weighted by Crippen LogP contribution is 2.18. The van der Waals surface area contributed by atoms with Gasteiger partial charge in [-0.2, -0.15) is 13.2 Å². The normalized spacial score (nSPS) is 17.6. The SMILES string of the molecule is O=C(CC1COC1)NCCC(F)(F)F. The minimum Gasteiger partial charge on any atom is -0.381 e.